The van der Waals surface area contributed by atoms with Crippen LogP contribution >= 0.6 is 7.75 Å². The first-order chi connectivity index (χ1) is 16.9. The second-order valence-corrected chi connectivity index (χ2v) is 10.7. The van der Waals surface area contributed by atoms with Crippen molar-refractivity contribution in [1.29, 1.82) is 0 Å². The van der Waals surface area contributed by atoms with Gasteiger partial charge in [-0.2, -0.15) is 5.09 Å². The van der Waals surface area contributed by atoms with Crippen molar-refractivity contribution >= 4 is 19.7 Å². The lowest BCUT2D eigenvalue weighted by atomic mass is 9.82. The molecule has 10 nitrogen and oxygen atoms in total. The quantitative estimate of drug-likeness (QED) is 0.312. The fourth-order valence-corrected chi connectivity index (χ4v) is 5.35. The van der Waals surface area contributed by atoms with E-state index in [1.54, 1.807) is 58.0 Å². The van der Waals surface area contributed by atoms with Gasteiger partial charge >= 0.3 is 19.7 Å². The predicted octanol–water partition coefficient (Wildman–Crippen LogP) is 4.03. The Hall–Kier alpha value is -2.04. The van der Waals surface area contributed by atoms with Gasteiger partial charge in [0.15, 0.2) is 6.10 Å². The highest BCUT2D eigenvalue weighted by atomic mass is 31.2. The van der Waals surface area contributed by atoms with E-state index in [4.69, 9.17) is 28.0 Å². The Bertz CT molecular complexity index is 903. The zero-order chi connectivity index (χ0) is 27.0. The van der Waals surface area contributed by atoms with Crippen LogP contribution in [0.5, 0.6) is 5.75 Å². The van der Waals surface area contributed by atoms with Gasteiger partial charge in [0.1, 0.15) is 18.0 Å². The van der Waals surface area contributed by atoms with Crippen molar-refractivity contribution in [2.45, 2.75) is 78.4 Å². The molecule has 0 saturated carbocycles. The van der Waals surface area contributed by atoms with Crippen LogP contribution in [-0.2, 0) is 37.6 Å². The summed E-state index contributed by atoms with van der Waals surface area (Å²) in [4.78, 5) is 24.3. The second-order valence-electron chi connectivity index (χ2n) is 9.08. The number of methoxy groups -OCH3 is 1. The van der Waals surface area contributed by atoms with Crippen LogP contribution < -0.4 is 9.61 Å². The summed E-state index contributed by atoms with van der Waals surface area (Å²) in [6.45, 7) is 9.28. The second kappa shape index (κ2) is 13.5. The third-order valence-electron chi connectivity index (χ3n) is 5.68. The number of benzene rings is 1. The van der Waals surface area contributed by atoms with Crippen molar-refractivity contribution in [1.82, 2.24) is 5.09 Å². The first kappa shape index (κ1) is 30.2. The minimum Gasteiger partial charge on any atom is -0.462 e. The molecule has 1 heterocycles. The lowest BCUT2D eigenvalue weighted by molar-refractivity contribution is -0.261. The Morgan fingerprint density at radius 2 is 1.78 bits per heavy atom. The van der Waals surface area contributed by atoms with E-state index in [1.165, 1.54) is 21.0 Å². The Morgan fingerprint density at radius 1 is 1.14 bits per heavy atom. The van der Waals surface area contributed by atoms with Crippen LogP contribution in [0.3, 0.4) is 0 Å². The standard InChI is InChI=1S/C24H37FNO9P/c1-14(2)31-23(28)17(5)26-36(29,34-19-11-9-8-10-12-19)35-24-22(32-18(6)27)16(4)15(3)21(33-24)20(25)13-30-7/h8-12,14-17,20-22,24H,13H2,1-7H3,(H,26,29)/t15-,16-,17-,20-,21?,22?,24-,36-/m0/s1. The maximum absolute atomic E-state index is 14.9. The van der Waals surface area contributed by atoms with Crippen molar-refractivity contribution in [3.8, 4) is 5.75 Å². The molecule has 8 atom stereocenters. The summed E-state index contributed by atoms with van der Waals surface area (Å²) in [7, 11) is -3.02. The minimum absolute atomic E-state index is 0.179. The molecule has 1 aromatic carbocycles. The van der Waals surface area contributed by atoms with Crippen LogP contribution in [-0.4, -0.2) is 62.5 Å². The number of hydrogen-bond acceptors (Lipinski definition) is 9. The average Bonchev–Trinajstić information content (AvgIpc) is 2.78. The third kappa shape index (κ3) is 8.52. The summed E-state index contributed by atoms with van der Waals surface area (Å²) >= 11 is 0. The van der Waals surface area contributed by atoms with E-state index >= 15 is 0 Å². The molecule has 0 bridgehead atoms. The molecule has 2 rings (SSSR count). The van der Waals surface area contributed by atoms with Gasteiger partial charge in [0, 0.05) is 20.0 Å². The van der Waals surface area contributed by atoms with Crippen LogP contribution in [0.15, 0.2) is 30.3 Å². The monoisotopic (exact) mass is 533 g/mol. The number of alkyl halides is 1. The summed E-state index contributed by atoms with van der Waals surface area (Å²) in [6.07, 6.45) is -5.45. The fraction of sp³-hybridized carbons (Fsp3) is 0.667. The number of carbonyl (C=O) groups is 2. The van der Waals surface area contributed by atoms with Gasteiger partial charge in [0.25, 0.3) is 0 Å². The van der Waals surface area contributed by atoms with E-state index in [0.29, 0.717) is 0 Å². The molecule has 204 valence electrons. The molecule has 1 N–H and O–H groups in total. The van der Waals surface area contributed by atoms with Gasteiger partial charge < -0.3 is 23.5 Å². The van der Waals surface area contributed by atoms with Gasteiger partial charge in [0.2, 0.25) is 6.29 Å². The van der Waals surface area contributed by atoms with Crippen molar-refractivity contribution in [2.24, 2.45) is 11.8 Å². The van der Waals surface area contributed by atoms with Crippen molar-refractivity contribution in [3.63, 3.8) is 0 Å². The summed E-state index contributed by atoms with van der Waals surface area (Å²) in [5, 5.41) is 2.56. The highest BCUT2D eigenvalue weighted by Gasteiger charge is 2.50. The molecule has 0 aliphatic carbocycles. The van der Waals surface area contributed by atoms with Crippen LogP contribution in [0.1, 0.15) is 41.5 Å². The molecule has 36 heavy (non-hydrogen) atoms. The van der Waals surface area contributed by atoms with E-state index in [2.05, 4.69) is 5.09 Å². The number of ether oxygens (including phenoxy) is 4. The Kier molecular flexibility index (Phi) is 11.3. The van der Waals surface area contributed by atoms with Gasteiger partial charge in [-0.25, -0.2) is 8.96 Å². The van der Waals surface area contributed by atoms with Crippen LogP contribution in [0, 0.1) is 11.8 Å². The topological polar surface area (TPSA) is 119 Å². The SMILES string of the molecule is COC[C@H](F)C1O[C@@H](O[P@](=O)(N[C@@H](C)C(=O)OC(C)C)Oc2ccccc2)C(OC(C)=O)[C@@H](C)[C@@H]1C. The average molecular weight is 534 g/mol. The summed E-state index contributed by atoms with van der Waals surface area (Å²) < 4.78 is 61.8. The Labute approximate surface area is 211 Å². The normalized spacial score (nSPS) is 27.5. The van der Waals surface area contributed by atoms with Crippen LogP contribution in [0.2, 0.25) is 0 Å². The number of carbonyl (C=O) groups excluding carboxylic acids is 2. The number of esters is 2. The third-order valence-corrected chi connectivity index (χ3v) is 7.32. The molecular formula is C24H37FNO9P. The zero-order valence-electron chi connectivity index (χ0n) is 21.7. The molecule has 0 amide bonds. The molecule has 2 unspecified atom stereocenters. The lowest BCUT2D eigenvalue weighted by Crippen LogP contribution is -2.55. The molecule has 1 aliphatic rings. The maximum atomic E-state index is 14.9. The number of nitrogens with one attached hydrogen (secondary N) is 1. The first-order valence-corrected chi connectivity index (χ1v) is 13.4. The number of halogens is 1. The number of rotatable bonds is 12. The van der Waals surface area contributed by atoms with Gasteiger partial charge in [-0.3, -0.25) is 14.1 Å². The van der Waals surface area contributed by atoms with Gasteiger partial charge in [-0.1, -0.05) is 32.0 Å². The van der Waals surface area contributed by atoms with E-state index < -0.39 is 68.3 Å². The van der Waals surface area contributed by atoms with Gasteiger partial charge in [-0.05, 0) is 38.8 Å². The molecule has 0 aromatic heterocycles. The van der Waals surface area contributed by atoms with Crippen molar-refractivity contribution in [2.75, 3.05) is 13.7 Å². The summed E-state index contributed by atoms with van der Waals surface area (Å²) in [5.74, 6) is -1.97. The molecule has 0 spiro atoms. The molecular weight excluding hydrogens is 496 g/mol. The minimum atomic E-state index is -4.38. The summed E-state index contributed by atoms with van der Waals surface area (Å²) in [6, 6.07) is 7.04. The molecule has 1 fully saturated rings. The Morgan fingerprint density at radius 3 is 2.33 bits per heavy atom. The number of hydrogen-bond donors (Lipinski definition) is 1. The highest BCUT2D eigenvalue weighted by molar-refractivity contribution is 7.52. The first-order valence-electron chi connectivity index (χ1n) is 11.8. The van der Waals surface area contributed by atoms with Gasteiger partial charge in [0.05, 0.1) is 18.8 Å². The molecule has 1 aliphatic heterocycles. The van der Waals surface area contributed by atoms with E-state index in [9.17, 15) is 18.5 Å². The lowest BCUT2D eigenvalue weighted by Gasteiger charge is -2.45. The van der Waals surface area contributed by atoms with Crippen LogP contribution in [0.25, 0.3) is 0 Å². The Balaban J connectivity index is 2.40. The molecule has 0 radical (unpaired) electrons. The molecule has 1 saturated heterocycles. The van der Waals surface area contributed by atoms with Crippen molar-refractivity contribution in [3.05, 3.63) is 30.3 Å². The van der Waals surface area contributed by atoms with Crippen LogP contribution in [0.4, 0.5) is 4.39 Å². The summed E-state index contributed by atoms with van der Waals surface area (Å²) in [5.41, 5.74) is 0. The van der Waals surface area contributed by atoms with E-state index in [-0.39, 0.29) is 12.4 Å². The van der Waals surface area contributed by atoms with E-state index in [0.717, 1.165) is 0 Å². The largest absolute Gasteiger partial charge is 0.462 e. The van der Waals surface area contributed by atoms with E-state index in [1.807, 2.05) is 0 Å². The maximum Gasteiger partial charge on any atom is 0.461 e. The predicted molar refractivity (Wildman–Crippen MR) is 129 cm³/mol. The number of para-hydroxylation sites is 1. The fourth-order valence-electron chi connectivity index (χ4n) is 3.77. The smallest absolute Gasteiger partial charge is 0.461 e. The zero-order valence-corrected chi connectivity index (χ0v) is 22.6. The van der Waals surface area contributed by atoms with Gasteiger partial charge in [-0.15, -0.1) is 0 Å². The molecule has 1 aromatic rings. The molecule has 12 heteroatoms. The van der Waals surface area contributed by atoms with Crippen molar-refractivity contribution < 1.29 is 46.5 Å². The highest BCUT2D eigenvalue weighted by Crippen LogP contribution is 2.49.